The summed E-state index contributed by atoms with van der Waals surface area (Å²) in [5.41, 5.74) is 7.55. The number of rotatable bonds is 5. The predicted octanol–water partition coefficient (Wildman–Crippen LogP) is 3.43. The van der Waals surface area contributed by atoms with Crippen LogP contribution in [0.15, 0.2) is 65.9 Å². The van der Waals surface area contributed by atoms with Gasteiger partial charge in [-0.25, -0.2) is 9.98 Å². The summed E-state index contributed by atoms with van der Waals surface area (Å²) in [5, 5.41) is 0.621. The summed E-state index contributed by atoms with van der Waals surface area (Å²) in [6.45, 7) is 0.395. The van der Waals surface area contributed by atoms with Crippen LogP contribution in [0.3, 0.4) is 0 Å². The number of hydrogen-bond donors (Lipinski definition) is 1. The number of carbonyl (C=O) groups is 1. The fraction of sp³-hybridized carbons (Fsp3) is 0.0556. The van der Waals surface area contributed by atoms with Crippen molar-refractivity contribution in [2.24, 2.45) is 10.7 Å². The maximum absolute atomic E-state index is 11.8. The summed E-state index contributed by atoms with van der Waals surface area (Å²) < 4.78 is 1.65. The highest BCUT2D eigenvalue weighted by Crippen LogP contribution is 2.21. The SMILES string of the molecule is NC(=O)c1c(N=Cc2ccccc2)ncn1Cc1ccccc1Cl. The zero-order chi connectivity index (χ0) is 16.9. The number of aromatic nitrogens is 2. The third-order valence-corrected chi connectivity index (χ3v) is 3.85. The monoisotopic (exact) mass is 338 g/mol. The second-order valence-electron chi connectivity index (χ2n) is 5.17. The minimum Gasteiger partial charge on any atom is -0.364 e. The topological polar surface area (TPSA) is 73.3 Å². The first kappa shape index (κ1) is 16.0. The Hall–Kier alpha value is -2.92. The van der Waals surface area contributed by atoms with Gasteiger partial charge in [-0.1, -0.05) is 60.1 Å². The molecule has 6 heteroatoms. The van der Waals surface area contributed by atoms with E-state index in [0.29, 0.717) is 17.4 Å². The van der Waals surface area contributed by atoms with Gasteiger partial charge in [0.15, 0.2) is 11.5 Å². The van der Waals surface area contributed by atoms with Gasteiger partial charge in [0.25, 0.3) is 5.91 Å². The zero-order valence-corrected chi connectivity index (χ0v) is 13.5. The Balaban J connectivity index is 1.92. The molecule has 0 unspecified atom stereocenters. The Bertz CT molecular complexity index is 887. The van der Waals surface area contributed by atoms with E-state index in [1.54, 1.807) is 23.2 Å². The first-order chi connectivity index (χ1) is 11.6. The maximum Gasteiger partial charge on any atom is 0.269 e. The fourth-order valence-corrected chi connectivity index (χ4v) is 2.52. The van der Waals surface area contributed by atoms with Crippen molar-refractivity contribution in [1.29, 1.82) is 0 Å². The lowest BCUT2D eigenvalue weighted by molar-refractivity contribution is 0.0992. The van der Waals surface area contributed by atoms with Crippen molar-refractivity contribution < 1.29 is 4.79 Å². The molecule has 2 aromatic carbocycles. The number of nitrogens with two attached hydrogens (primary N) is 1. The van der Waals surface area contributed by atoms with Gasteiger partial charge in [0.05, 0.1) is 12.9 Å². The average molecular weight is 339 g/mol. The highest BCUT2D eigenvalue weighted by Gasteiger charge is 2.16. The molecule has 0 spiro atoms. The normalized spacial score (nSPS) is 11.0. The molecule has 120 valence electrons. The molecule has 0 aliphatic rings. The number of hydrogen-bond acceptors (Lipinski definition) is 3. The van der Waals surface area contributed by atoms with Gasteiger partial charge in [-0.2, -0.15) is 0 Å². The van der Waals surface area contributed by atoms with Crippen molar-refractivity contribution in [3.63, 3.8) is 0 Å². The lowest BCUT2D eigenvalue weighted by Crippen LogP contribution is -2.17. The van der Waals surface area contributed by atoms with E-state index in [9.17, 15) is 4.79 Å². The van der Waals surface area contributed by atoms with Gasteiger partial charge in [0, 0.05) is 11.2 Å². The lowest BCUT2D eigenvalue weighted by atomic mass is 10.2. The molecule has 0 atom stereocenters. The van der Waals surface area contributed by atoms with Crippen molar-refractivity contribution in [1.82, 2.24) is 9.55 Å². The van der Waals surface area contributed by atoms with E-state index in [-0.39, 0.29) is 5.69 Å². The number of carbonyl (C=O) groups excluding carboxylic acids is 1. The Morgan fingerprint density at radius 2 is 1.88 bits per heavy atom. The van der Waals surface area contributed by atoms with E-state index in [0.717, 1.165) is 11.1 Å². The molecule has 2 N–H and O–H groups in total. The second kappa shape index (κ2) is 7.10. The molecule has 0 saturated carbocycles. The van der Waals surface area contributed by atoms with Crippen molar-refractivity contribution in [2.75, 3.05) is 0 Å². The number of primary amides is 1. The van der Waals surface area contributed by atoms with Crippen LogP contribution in [0.4, 0.5) is 5.82 Å². The molecule has 0 fully saturated rings. The van der Waals surface area contributed by atoms with Crippen molar-refractivity contribution in [3.8, 4) is 0 Å². The first-order valence-corrected chi connectivity index (χ1v) is 7.70. The molecular formula is C18H15ClN4O. The van der Waals surface area contributed by atoms with Crippen LogP contribution >= 0.6 is 11.6 Å². The number of halogens is 1. The molecule has 24 heavy (non-hydrogen) atoms. The smallest absolute Gasteiger partial charge is 0.269 e. The standard InChI is InChI=1S/C18H15ClN4O/c19-15-9-5-4-8-14(15)11-23-12-22-18(16(23)17(20)24)21-10-13-6-2-1-3-7-13/h1-10,12H,11H2,(H2,20,24). The summed E-state index contributed by atoms with van der Waals surface area (Å²) in [6, 6.07) is 17.0. The van der Waals surface area contributed by atoms with E-state index >= 15 is 0 Å². The molecule has 0 saturated heterocycles. The van der Waals surface area contributed by atoms with Crippen LogP contribution in [0, 0.1) is 0 Å². The summed E-state index contributed by atoms with van der Waals surface area (Å²) in [5.74, 6) is -0.293. The van der Waals surface area contributed by atoms with E-state index < -0.39 is 5.91 Å². The van der Waals surface area contributed by atoms with Crippen LogP contribution in [0.25, 0.3) is 0 Å². The minimum absolute atomic E-state index is 0.252. The van der Waals surface area contributed by atoms with Crippen LogP contribution in [-0.2, 0) is 6.54 Å². The van der Waals surface area contributed by atoms with Gasteiger partial charge in [0.1, 0.15) is 0 Å². The number of aliphatic imine (C=N–C) groups is 1. The molecular weight excluding hydrogens is 324 g/mol. The molecule has 3 rings (SSSR count). The minimum atomic E-state index is -0.584. The molecule has 1 aromatic heterocycles. The third kappa shape index (κ3) is 3.52. The summed E-state index contributed by atoms with van der Waals surface area (Å²) in [7, 11) is 0. The van der Waals surface area contributed by atoms with Crippen molar-refractivity contribution >= 4 is 29.5 Å². The Morgan fingerprint density at radius 1 is 1.17 bits per heavy atom. The number of imidazole rings is 1. The predicted molar refractivity (Wildman–Crippen MR) is 95.0 cm³/mol. The van der Waals surface area contributed by atoms with Crippen molar-refractivity contribution in [3.05, 3.63) is 82.8 Å². The molecule has 0 aliphatic heterocycles. The number of benzene rings is 2. The van der Waals surface area contributed by atoms with Crippen molar-refractivity contribution in [2.45, 2.75) is 6.54 Å². The molecule has 3 aromatic rings. The number of amides is 1. The second-order valence-corrected chi connectivity index (χ2v) is 5.58. The molecule has 1 heterocycles. The highest BCUT2D eigenvalue weighted by atomic mass is 35.5. The van der Waals surface area contributed by atoms with Gasteiger partial charge in [-0.3, -0.25) is 4.79 Å². The van der Waals surface area contributed by atoms with E-state index in [2.05, 4.69) is 9.98 Å². The zero-order valence-electron chi connectivity index (χ0n) is 12.8. The van der Waals surface area contributed by atoms with Gasteiger partial charge in [-0.05, 0) is 17.2 Å². The average Bonchev–Trinajstić information content (AvgIpc) is 2.99. The van der Waals surface area contributed by atoms with Crippen LogP contribution in [0.5, 0.6) is 0 Å². The van der Waals surface area contributed by atoms with E-state index in [1.165, 1.54) is 0 Å². The molecule has 5 nitrogen and oxygen atoms in total. The van der Waals surface area contributed by atoms with E-state index in [1.807, 2.05) is 48.5 Å². The van der Waals surface area contributed by atoms with Crippen LogP contribution in [0.2, 0.25) is 5.02 Å². The van der Waals surface area contributed by atoms with Crippen LogP contribution in [0.1, 0.15) is 21.6 Å². The quantitative estimate of drug-likeness (QED) is 0.724. The Kier molecular flexibility index (Phi) is 4.72. The van der Waals surface area contributed by atoms with Gasteiger partial charge < -0.3 is 10.3 Å². The van der Waals surface area contributed by atoms with Crippen LogP contribution < -0.4 is 5.73 Å². The van der Waals surface area contributed by atoms with Gasteiger partial charge in [0.2, 0.25) is 0 Å². The molecule has 0 radical (unpaired) electrons. The largest absolute Gasteiger partial charge is 0.364 e. The number of nitrogens with zero attached hydrogens (tertiary/aromatic N) is 3. The lowest BCUT2D eigenvalue weighted by Gasteiger charge is -2.07. The molecule has 1 amide bonds. The van der Waals surface area contributed by atoms with Gasteiger partial charge >= 0.3 is 0 Å². The maximum atomic E-state index is 11.8. The molecule has 0 aliphatic carbocycles. The van der Waals surface area contributed by atoms with Crippen LogP contribution in [-0.4, -0.2) is 21.7 Å². The fourth-order valence-electron chi connectivity index (χ4n) is 2.32. The van der Waals surface area contributed by atoms with E-state index in [4.69, 9.17) is 17.3 Å². The Morgan fingerprint density at radius 3 is 2.58 bits per heavy atom. The summed E-state index contributed by atoms with van der Waals surface area (Å²) >= 11 is 6.17. The Labute approximate surface area is 144 Å². The highest BCUT2D eigenvalue weighted by molar-refractivity contribution is 6.31. The summed E-state index contributed by atoms with van der Waals surface area (Å²) in [6.07, 6.45) is 3.19. The van der Waals surface area contributed by atoms with Gasteiger partial charge in [-0.15, -0.1) is 0 Å². The summed E-state index contributed by atoms with van der Waals surface area (Å²) in [4.78, 5) is 20.3. The first-order valence-electron chi connectivity index (χ1n) is 7.32. The third-order valence-electron chi connectivity index (χ3n) is 3.49. The molecule has 0 bridgehead atoms.